The van der Waals surface area contributed by atoms with Crippen molar-refractivity contribution in [2.24, 2.45) is 11.7 Å². The largest absolute Gasteiger partial charge is 0.444 e. The van der Waals surface area contributed by atoms with Crippen LogP contribution in [0.15, 0.2) is 30.3 Å². The fraction of sp³-hybridized carbons (Fsp3) is 0.565. The number of rotatable bonds is 11. The topological polar surface area (TPSA) is 140 Å². The Morgan fingerprint density at radius 3 is 2.15 bits per heavy atom. The standard InChI is InChI=1S/C23H36N4O5S/c1-14(2)19(27-20(29)18(33)13-25-22(31)32-23(3,4)5)21(30)26-16(17(28)12-24)11-15-9-7-6-8-10-15/h6-10,14,16,18-19,33H,11-13,24H2,1-5H3,(H,25,31)(H,26,30)(H,27,29)/t16-,18?,19-/m0/s1. The van der Waals surface area contributed by atoms with E-state index in [9.17, 15) is 19.2 Å². The molecule has 0 fully saturated rings. The van der Waals surface area contributed by atoms with Crippen molar-refractivity contribution in [1.29, 1.82) is 0 Å². The van der Waals surface area contributed by atoms with Gasteiger partial charge in [0.05, 0.1) is 17.8 Å². The second kappa shape index (κ2) is 13.2. The Morgan fingerprint density at radius 2 is 1.64 bits per heavy atom. The number of Topliss-reactive ketones (excluding diaryl/α,β-unsaturated/α-hetero) is 1. The minimum Gasteiger partial charge on any atom is -0.444 e. The maximum absolute atomic E-state index is 13.0. The van der Waals surface area contributed by atoms with E-state index in [4.69, 9.17) is 10.5 Å². The Kier molecular flexibility index (Phi) is 11.4. The Balaban J connectivity index is 2.76. The number of benzene rings is 1. The van der Waals surface area contributed by atoms with Gasteiger partial charge in [0.25, 0.3) is 0 Å². The molecule has 0 aliphatic heterocycles. The van der Waals surface area contributed by atoms with Gasteiger partial charge in [0.1, 0.15) is 11.6 Å². The van der Waals surface area contributed by atoms with Crippen LogP contribution in [0, 0.1) is 5.92 Å². The second-order valence-electron chi connectivity index (χ2n) is 9.05. The van der Waals surface area contributed by atoms with Crippen LogP contribution >= 0.6 is 12.6 Å². The Bertz CT molecular complexity index is 811. The quantitative estimate of drug-likeness (QED) is 0.302. The first kappa shape index (κ1) is 28.4. The van der Waals surface area contributed by atoms with Crippen molar-refractivity contribution in [3.63, 3.8) is 0 Å². The molecule has 5 N–H and O–H groups in total. The molecule has 0 radical (unpaired) electrons. The molecular formula is C23H36N4O5S. The van der Waals surface area contributed by atoms with Gasteiger partial charge in [0.2, 0.25) is 11.8 Å². The molecule has 10 heteroatoms. The summed E-state index contributed by atoms with van der Waals surface area (Å²) in [7, 11) is 0. The van der Waals surface area contributed by atoms with E-state index in [0.29, 0.717) is 0 Å². The number of amides is 3. The zero-order valence-electron chi connectivity index (χ0n) is 19.9. The summed E-state index contributed by atoms with van der Waals surface area (Å²) in [5.74, 6) is -1.61. The predicted octanol–water partition coefficient (Wildman–Crippen LogP) is 1.21. The van der Waals surface area contributed by atoms with Crippen LogP contribution in [0.3, 0.4) is 0 Å². The van der Waals surface area contributed by atoms with E-state index < -0.39 is 40.8 Å². The molecule has 1 unspecified atom stereocenters. The molecule has 3 atom stereocenters. The van der Waals surface area contributed by atoms with Crippen LogP contribution < -0.4 is 21.7 Å². The molecule has 0 aromatic heterocycles. The Labute approximate surface area is 201 Å². The van der Waals surface area contributed by atoms with Gasteiger partial charge in [0, 0.05) is 6.54 Å². The third kappa shape index (κ3) is 10.7. The van der Waals surface area contributed by atoms with Crippen LogP contribution in [-0.4, -0.2) is 59.7 Å². The van der Waals surface area contributed by atoms with Crippen LogP contribution in [0.25, 0.3) is 0 Å². The van der Waals surface area contributed by atoms with Gasteiger partial charge in [-0.1, -0.05) is 44.2 Å². The first-order valence-electron chi connectivity index (χ1n) is 10.9. The van der Waals surface area contributed by atoms with Gasteiger partial charge in [-0.3, -0.25) is 14.4 Å². The highest BCUT2D eigenvalue weighted by atomic mass is 32.1. The molecule has 0 heterocycles. The molecule has 3 amide bonds. The summed E-state index contributed by atoms with van der Waals surface area (Å²) in [5, 5.41) is 6.94. The lowest BCUT2D eigenvalue weighted by atomic mass is 9.99. The van der Waals surface area contributed by atoms with Crippen LogP contribution in [0.5, 0.6) is 0 Å². The first-order valence-corrected chi connectivity index (χ1v) is 11.4. The van der Waals surface area contributed by atoms with E-state index in [2.05, 4.69) is 28.6 Å². The number of hydrogen-bond donors (Lipinski definition) is 5. The van der Waals surface area contributed by atoms with E-state index in [1.54, 1.807) is 34.6 Å². The summed E-state index contributed by atoms with van der Waals surface area (Å²) in [5.41, 5.74) is 5.73. The van der Waals surface area contributed by atoms with E-state index in [1.165, 1.54) is 0 Å². The summed E-state index contributed by atoms with van der Waals surface area (Å²) in [6.07, 6.45) is -0.382. The van der Waals surface area contributed by atoms with Crippen LogP contribution in [0.2, 0.25) is 0 Å². The van der Waals surface area contributed by atoms with Gasteiger partial charge >= 0.3 is 6.09 Å². The van der Waals surface area contributed by atoms with Crippen molar-refractivity contribution >= 4 is 36.3 Å². The highest BCUT2D eigenvalue weighted by Gasteiger charge is 2.30. The average molecular weight is 481 g/mol. The van der Waals surface area contributed by atoms with Gasteiger partial charge in [-0.2, -0.15) is 12.6 Å². The van der Waals surface area contributed by atoms with E-state index in [-0.39, 0.29) is 31.2 Å². The highest BCUT2D eigenvalue weighted by Crippen LogP contribution is 2.09. The molecule has 0 aliphatic rings. The molecule has 184 valence electrons. The van der Waals surface area contributed by atoms with Gasteiger partial charge in [-0.05, 0) is 38.7 Å². The van der Waals surface area contributed by atoms with Crippen LogP contribution in [-0.2, 0) is 25.5 Å². The zero-order chi connectivity index (χ0) is 25.2. The maximum atomic E-state index is 13.0. The van der Waals surface area contributed by atoms with Crippen molar-refractivity contribution in [3.8, 4) is 0 Å². The summed E-state index contributed by atoms with van der Waals surface area (Å²) in [6, 6.07) is 7.54. The molecule has 0 saturated carbocycles. The number of ketones is 1. The lowest BCUT2D eigenvalue weighted by molar-refractivity contribution is -0.132. The normalized spacial score (nSPS) is 14.1. The molecule has 9 nitrogen and oxygen atoms in total. The predicted molar refractivity (Wildman–Crippen MR) is 130 cm³/mol. The number of nitrogens with two attached hydrogens (primary N) is 1. The minimum absolute atomic E-state index is 0.0847. The van der Waals surface area contributed by atoms with Crippen molar-refractivity contribution in [3.05, 3.63) is 35.9 Å². The molecule has 0 bridgehead atoms. The van der Waals surface area contributed by atoms with Crippen LogP contribution in [0.4, 0.5) is 4.79 Å². The van der Waals surface area contributed by atoms with Crippen molar-refractivity contribution in [2.75, 3.05) is 13.1 Å². The molecule has 0 aliphatic carbocycles. The third-order valence-corrected chi connectivity index (χ3v) is 4.99. The lowest BCUT2D eigenvalue weighted by Crippen LogP contribution is -2.56. The highest BCUT2D eigenvalue weighted by molar-refractivity contribution is 7.81. The van der Waals surface area contributed by atoms with Crippen molar-refractivity contribution in [1.82, 2.24) is 16.0 Å². The molecule has 33 heavy (non-hydrogen) atoms. The molecule has 1 aromatic carbocycles. The zero-order valence-corrected chi connectivity index (χ0v) is 20.8. The fourth-order valence-electron chi connectivity index (χ4n) is 2.87. The Hall–Kier alpha value is -2.59. The molecule has 0 spiro atoms. The number of nitrogens with one attached hydrogen (secondary N) is 3. The van der Waals surface area contributed by atoms with E-state index in [0.717, 1.165) is 5.56 Å². The molecule has 0 saturated heterocycles. The first-order chi connectivity index (χ1) is 15.3. The Morgan fingerprint density at radius 1 is 1.03 bits per heavy atom. The smallest absolute Gasteiger partial charge is 0.407 e. The van der Waals surface area contributed by atoms with Gasteiger partial charge in [0.15, 0.2) is 5.78 Å². The summed E-state index contributed by atoms with van der Waals surface area (Å²) in [6.45, 7) is 8.42. The molecule has 1 aromatic rings. The van der Waals surface area contributed by atoms with Gasteiger partial charge < -0.3 is 26.4 Å². The fourth-order valence-corrected chi connectivity index (χ4v) is 3.04. The molecule has 1 rings (SSSR count). The monoisotopic (exact) mass is 480 g/mol. The van der Waals surface area contributed by atoms with E-state index in [1.807, 2.05) is 30.3 Å². The second-order valence-corrected chi connectivity index (χ2v) is 9.67. The van der Waals surface area contributed by atoms with Crippen molar-refractivity contribution < 1.29 is 23.9 Å². The molecular weight excluding hydrogens is 444 g/mol. The van der Waals surface area contributed by atoms with Crippen molar-refractivity contribution in [2.45, 2.75) is 64.0 Å². The summed E-state index contributed by atoms with van der Waals surface area (Å²) >= 11 is 4.22. The minimum atomic E-state index is -0.905. The summed E-state index contributed by atoms with van der Waals surface area (Å²) in [4.78, 5) is 49.6. The van der Waals surface area contributed by atoms with Gasteiger partial charge in [-0.15, -0.1) is 0 Å². The third-order valence-electron chi connectivity index (χ3n) is 4.58. The van der Waals surface area contributed by atoms with Crippen LogP contribution in [0.1, 0.15) is 40.2 Å². The number of ether oxygens (including phenoxy) is 1. The number of carbonyl (C=O) groups excluding carboxylic acids is 4. The SMILES string of the molecule is CC(C)[C@H](NC(=O)C(S)CNC(=O)OC(C)(C)C)C(=O)N[C@@H](Cc1ccccc1)C(=O)CN. The number of carbonyl (C=O) groups is 4. The summed E-state index contributed by atoms with van der Waals surface area (Å²) < 4.78 is 5.13. The number of hydrogen-bond acceptors (Lipinski definition) is 7. The van der Waals surface area contributed by atoms with Gasteiger partial charge in [-0.25, -0.2) is 4.79 Å². The van der Waals surface area contributed by atoms with E-state index >= 15 is 0 Å². The average Bonchev–Trinajstić information content (AvgIpc) is 2.73. The number of thiol groups is 1. The number of alkyl carbamates (subject to hydrolysis) is 1. The maximum Gasteiger partial charge on any atom is 0.407 e. The lowest BCUT2D eigenvalue weighted by Gasteiger charge is -2.26.